The Balaban J connectivity index is 2.38. The van der Waals surface area contributed by atoms with Gasteiger partial charge in [-0.25, -0.2) is 4.79 Å². The van der Waals surface area contributed by atoms with Crippen LogP contribution in [0.2, 0.25) is 0 Å². The number of hydrogen-bond donors (Lipinski definition) is 2. The predicted molar refractivity (Wildman–Crippen MR) is 77.8 cm³/mol. The second-order valence-electron chi connectivity index (χ2n) is 6.24. The molecule has 0 bridgehead atoms. The molecule has 0 saturated carbocycles. The number of carbonyl (C=O) groups is 4. The maximum absolute atomic E-state index is 11.7. The first-order chi connectivity index (χ1) is 10.1. The Bertz CT molecular complexity index is 470. The molecule has 0 aromatic carbocycles. The molecular weight excluding hydrogens is 290 g/mol. The number of esters is 1. The minimum absolute atomic E-state index is 0.0985. The highest BCUT2D eigenvalue weighted by atomic mass is 16.5. The van der Waals surface area contributed by atoms with Crippen LogP contribution in [-0.2, 0) is 19.1 Å². The maximum Gasteiger partial charge on any atom is 0.326 e. The van der Waals surface area contributed by atoms with E-state index in [1.54, 1.807) is 20.8 Å². The monoisotopic (exact) mass is 313 g/mol. The molecule has 1 saturated heterocycles. The minimum atomic E-state index is -1.11. The van der Waals surface area contributed by atoms with Gasteiger partial charge in [-0.15, -0.1) is 0 Å². The number of nitrogens with zero attached hydrogens (tertiary/aromatic N) is 1. The van der Waals surface area contributed by atoms with Gasteiger partial charge in [0.2, 0.25) is 5.91 Å². The van der Waals surface area contributed by atoms with Crippen molar-refractivity contribution in [2.75, 3.05) is 13.1 Å². The standard InChI is InChI=1S/C14H23N3O5/c1-9(12(20)15-13(21)16-14(2,3)4)22-11(19)8-17-7-5-6-10(17)18/h9H,5-8H2,1-4H3,(H2,15,16,20,21)/t9-/m1/s1. The fraction of sp³-hybridized carbons (Fsp3) is 0.714. The van der Waals surface area contributed by atoms with Gasteiger partial charge in [-0.1, -0.05) is 0 Å². The number of urea groups is 1. The maximum atomic E-state index is 11.7. The Kier molecular flexibility index (Phi) is 5.90. The molecule has 8 nitrogen and oxygen atoms in total. The lowest BCUT2D eigenvalue weighted by Gasteiger charge is -2.21. The van der Waals surface area contributed by atoms with Crippen LogP contribution in [-0.4, -0.2) is 53.4 Å². The smallest absolute Gasteiger partial charge is 0.326 e. The van der Waals surface area contributed by atoms with Crippen molar-refractivity contribution >= 4 is 23.8 Å². The molecule has 2 N–H and O–H groups in total. The normalized spacial score (nSPS) is 16.2. The highest BCUT2D eigenvalue weighted by Gasteiger charge is 2.26. The number of likely N-dealkylation sites (tertiary alicyclic amines) is 1. The lowest BCUT2D eigenvalue weighted by atomic mass is 10.1. The molecule has 1 rings (SSSR count). The summed E-state index contributed by atoms with van der Waals surface area (Å²) in [5.74, 6) is -1.49. The zero-order valence-corrected chi connectivity index (χ0v) is 13.4. The number of amides is 4. The molecule has 1 atom stereocenters. The number of nitrogens with one attached hydrogen (secondary N) is 2. The van der Waals surface area contributed by atoms with Gasteiger partial charge < -0.3 is 15.0 Å². The summed E-state index contributed by atoms with van der Waals surface area (Å²) in [6.45, 7) is 7.02. The molecule has 1 aliphatic rings. The SMILES string of the molecule is C[C@@H](OC(=O)CN1CCCC1=O)C(=O)NC(=O)NC(C)(C)C. The van der Waals surface area contributed by atoms with Crippen LogP contribution < -0.4 is 10.6 Å². The van der Waals surface area contributed by atoms with Crippen molar-refractivity contribution < 1.29 is 23.9 Å². The van der Waals surface area contributed by atoms with Gasteiger partial charge in [0.1, 0.15) is 6.54 Å². The van der Waals surface area contributed by atoms with Gasteiger partial charge in [-0.2, -0.15) is 0 Å². The summed E-state index contributed by atoms with van der Waals surface area (Å²) in [6, 6.07) is -0.657. The molecule has 0 unspecified atom stereocenters. The van der Waals surface area contributed by atoms with E-state index in [1.807, 2.05) is 0 Å². The molecule has 22 heavy (non-hydrogen) atoms. The van der Waals surface area contributed by atoms with Gasteiger partial charge in [0.05, 0.1) is 0 Å². The van der Waals surface area contributed by atoms with Crippen LogP contribution in [0.1, 0.15) is 40.5 Å². The van der Waals surface area contributed by atoms with E-state index in [-0.39, 0.29) is 12.5 Å². The van der Waals surface area contributed by atoms with Gasteiger partial charge in [-0.3, -0.25) is 19.7 Å². The van der Waals surface area contributed by atoms with Gasteiger partial charge >= 0.3 is 12.0 Å². The minimum Gasteiger partial charge on any atom is -0.451 e. The average Bonchev–Trinajstić information content (AvgIpc) is 2.72. The Labute approximate surface area is 129 Å². The van der Waals surface area contributed by atoms with Crippen LogP contribution in [0.4, 0.5) is 4.79 Å². The molecule has 0 aliphatic carbocycles. The van der Waals surface area contributed by atoms with Crippen LogP contribution in [0.3, 0.4) is 0 Å². The fourth-order valence-corrected chi connectivity index (χ4v) is 1.90. The summed E-state index contributed by atoms with van der Waals surface area (Å²) < 4.78 is 4.93. The van der Waals surface area contributed by atoms with Crippen LogP contribution in [0.15, 0.2) is 0 Å². The number of rotatable bonds is 4. The van der Waals surface area contributed by atoms with Gasteiger partial charge in [0.25, 0.3) is 5.91 Å². The average molecular weight is 313 g/mol. The summed E-state index contributed by atoms with van der Waals surface area (Å²) >= 11 is 0. The molecule has 124 valence electrons. The van der Waals surface area contributed by atoms with Crippen molar-refractivity contribution in [3.8, 4) is 0 Å². The summed E-state index contributed by atoms with van der Waals surface area (Å²) in [7, 11) is 0. The number of imide groups is 1. The Morgan fingerprint density at radius 1 is 1.32 bits per heavy atom. The number of carbonyl (C=O) groups excluding carboxylic acids is 4. The third-order valence-electron chi connectivity index (χ3n) is 2.89. The van der Waals surface area contributed by atoms with Crippen molar-refractivity contribution in [2.45, 2.75) is 52.2 Å². The Hall–Kier alpha value is -2.12. The van der Waals surface area contributed by atoms with Crippen molar-refractivity contribution in [1.29, 1.82) is 0 Å². The predicted octanol–water partition coefficient (Wildman–Crippen LogP) is 0.165. The first-order valence-electron chi connectivity index (χ1n) is 7.19. The van der Waals surface area contributed by atoms with E-state index in [0.717, 1.165) is 6.42 Å². The van der Waals surface area contributed by atoms with Crippen LogP contribution in [0.5, 0.6) is 0 Å². The fourth-order valence-electron chi connectivity index (χ4n) is 1.90. The first-order valence-corrected chi connectivity index (χ1v) is 7.19. The lowest BCUT2D eigenvalue weighted by molar-refractivity contribution is -0.156. The van der Waals surface area contributed by atoms with Crippen LogP contribution >= 0.6 is 0 Å². The van der Waals surface area contributed by atoms with Crippen molar-refractivity contribution in [2.24, 2.45) is 0 Å². The Morgan fingerprint density at radius 3 is 2.45 bits per heavy atom. The molecule has 0 aromatic rings. The first kappa shape index (κ1) is 17.9. The summed E-state index contributed by atoms with van der Waals surface area (Å²) in [5, 5.41) is 4.66. The van der Waals surface area contributed by atoms with E-state index < -0.39 is 29.6 Å². The van der Waals surface area contributed by atoms with Crippen molar-refractivity contribution in [1.82, 2.24) is 15.5 Å². The van der Waals surface area contributed by atoms with E-state index in [0.29, 0.717) is 13.0 Å². The van der Waals surface area contributed by atoms with Gasteiger partial charge in [-0.05, 0) is 34.1 Å². The van der Waals surface area contributed by atoms with Crippen molar-refractivity contribution in [3.05, 3.63) is 0 Å². The zero-order valence-electron chi connectivity index (χ0n) is 13.4. The molecule has 0 radical (unpaired) electrons. The quantitative estimate of drug-likeness (QED) is 0.720. The largest absolute Gasteiger partial charge is 0.451 e. The number of ether oxygens (including phenoxy) is 1. The summed E-state index contributed by atoms with van der Waals surface area (Å²) in [5.41, 5.74) is -0.486. The number of hydrogen-bond acceptors (Lipinski definition) is 5. The third kappa shape index (κ3) is 6.11. The highest BCUT2D eigenvalue weighted by molar-refractivity contribution is 5.97. The molecule has 1 heterocycles. The molecule has 0 spiro atoms. The van der Waals surface area contributed by atoms with Gasteiger partial charge in [0.15, 0.2) is 6.10 Å². The molecule has 0 aromatic heterocycles. The second-order valence-corrected chi connectivity index (χ2v) is 6.24. The van der Waals surface area contributed by atoms with E-state index in [1.165, 1.54) is 11.8 Å². The zero-order chi connectivity index (χ0) is 16.9. The van der Waals surface area contributed by atoms with Gasteiger partial charge in [0, 0.05) is 18.5 Å². The van der Waals surface area contributed by atoms with Crippen LogP contribution in [0.25, 0.3) is 0 Å². The molecule has 1 fully saturated rings. The third-order valence-corrected chi connectivity index (χ3v) is 2.89. The molecular formula is C14H23N3O5. The highest BCUT2D eigenvalue weighted by Crippen LogP contribution is 2.09. The van der Waals surface area contributed by atoms with Crippen LogP contribution in [0, 0.1) is 0 Å². The summed E-state index contributed by atoms with van der Waals surface area (Å²) in [4.78, 5) is 47.8. The lowest BCUT2D eigenvalue weighted by Crippen LogP contribution is -2.50. The summed E-state index contributed by atoms with van der Waals surface area (Å²) in [6.07, 6.45) is 0.0294. The second kappa shape index (κ2) is 7.24. The Morgan fingerprint density at radius 2 is 1.95 bits per heavy atom. The van der Waals surface area contributed by atoms with Crippen molar-refractivity contribution in [3.63, 3.8) is 0 Å². The van der Waals surface area contributed by atoms with E-state index in [2.05, 4.69) is 10.6 Å². The molecule has 4 amide bonds. The van der Waals surface area contributed by atoms with E-state index in [9.17, 15) is 19.2 Å². The van der Waals surface area contributed by atoms with E-state index in [4.69, 9.17) is 4.74 Å². The molecule has 1 aliphatic heterocycles. The molecule has 8 heteroatoms. The van der Waals surface area contributed by atoms with E-state index >= 15 is 0 Å². The topological polar surface area (TPSA) is 105 Å².